The van der Waals surface area contributed by atoms with E-state index in [1.807, 2.05) is 12.1 Å². The Hall–Kier alpha value is -2.64. The highest BCUT2D eigenvalue weighted by atomic mass is 16.5. The Kier molecular flexibility index (Phi) is 4.26. The molecular weight excluding hydrogens is 336 g/mol. The van der Waals surface area contributed by atoms with E-state index in [0.717, 1.165) is 31.7 Å². The number of urea groups is 1. The Morgan fingerprint density at radius 3 is 2.54 bits per heavy atom. The molecule has 1 aliphatic carbocycles. The summed E-state index contributed by atoms with van der Waals surface area (Å²) in [4.78, 5) is 43.5. The third-order valence-electron chi connectivity index (χ3n) is 5.73. The molecular formula is C18H22N4O4. The second kappa shape index (κ2) is 6.59. The number of fused-ring (bicyclic) bond motifs is 2. The van der Waals surface area contributed by atoms with Gasteiger partial charge in [-0.25, -0.2) is 9.78 Å². The van der Waals surface area contributed by atoms with Gasteiger partial charge in [-0.05, 0) is 36.8 Å². The molecule has 0 spiro atoms. The molecule has 4 rings (SSSR count). The highest BCUT2D eigenvalue weighted by Crippen LogP contribution is 2.43. The van der Waals surface area contributed by atoms with Crippen LogP contribution in [0.3, 0.4) is 0 Å². The molecule has 0 aromatic carbocycles. The van der Waals surface area contributed by atoms with Crippen LogP contribution < -0.4 is 15.1 Å². The molecule has 3 fully saturated rings. The number of imide groups is 1. The third kappa shape index (κ3) is 2.89. The van der Waals surface area contributed by atoms with Gasteiger partial charge in [-0.3, -0.25) is 19.8 Å². The van der Waals surface area contributed by atoms with Gasteiger partial charge in [-0.1, -0.05) is 0 Å². The first-order valence-corrected chi connectivity index (χ1v) is 8.97. The fourth-order valence-electron chi connectivity index (χ4n) is 4.47. The van der Waals surface area contributed by atoms with E-state index in [2.05, 4.69) is 15.2 Å². The highest BCUT2D eigenvalue weighted by molar-refractivity contribution is 6.05. The van der Waals surface area contributed by atoms with Crippen molar-refractivity contribution in [2.24, 2.45) is 17.8 Å². The first-order valence-electron chi connectivity index (χ1n) is 8.97. The second-order valence-electron chi connectivity index (χ2n) is 7.18. The van der Waals surface area contributed by atoms with Gasteiger partial charge >= 0.3 is 12.0 Å². The average molecular weight is 358 g/mol. The first kappa shape index (κ1) is 16.8. The molecule has 1 saturated carbocycles. The quantitative estimate of drug-likeness (QED) is 0.816. The SMILES string of the molecule is COC(=O)C1C2CCC1CN(c1ccc(N3CCC(=O)NC3=O)cn1)C2. The summed E-state index contributed by atoms with van der Waals surface area (Å²) in [7, 11) is 1.46. The lowest BCUT2D eigenvalue weighted by atomic mass is 9.85. The van der Waals surface area contributed by atoms with Crippen molar-refractivity contribution in [3.05, 3.63) is 18.3 Å². The fourth-order valence-corrected chi connectivity index (χ4v) is 4.47. The van der Waals surface area contributed by atoms with Gasteiger partial charge in [-0.15, -0.1) is 0 Å². The summed E-state index contributed by atoms with van der Waals surface area (Å²) in [6.45, 7) is 1.95. The number of methoxy groups -OCH3 is 1. The predicted molar refractivity (Wildman–Crippen MR) is 93.7 cm³/mol. The molecule has 2 aliphatic heterocycles. The number of amides is 3. The van der Waals surface area contributed by atoms with Crippen LogP contribution in [0.2, 0.25) is 0 Å². The molecule has 8 heteroatoms. The van der Waals surface area contributed by atoms with Crippen LogP contribution in [-0.4, -0.2) is 49.6 Å². The maximum atomic E-state index is 12.0. The normalized spacial score (nSPS) is 28.1. The van der Waals surface area contributed by atoms with E-state index >= 15 is 0 Å². The average Bonchev–Trinajstić information content (AvgIpc) is 2.91. The van der Waals surface area contributed by atoms with Crippen molar-refractivity contribution in [3.63, 3.8) is 0 Å². The van der Waals surface area contributed by atoms with Crippen molar-refractivity contribution < 1.29 is 19.1 Å². The smallest absolute Gasteiger partial charge is 0.328 e. The Balaban J connectivity index is 1.46. The molecule has 2 unspecified atom stereocenters. The largest absolute Gasteiger partial charge is 0.469 e. The van der Waals surface area contributed by atoms with Crippen LogP contribution in [0.25, 0.3) is 0 Å². The Morgan fingerprint density at radius 1 is 1.23 bits per heavy atom. The number of nitrogens with one attached hydrogen (secondary N) is 1. The van der Waals surface area contributed by atoms with Crippen molar-refractivity contribution in [3.8, 4) is 0 Å². The van der Waals surface area contributed by atoms with E-state index < -0.39 is 6.03 Å². The van der Waals surface area contributed by atoms with Gasteiger partial charge in [0.15, 0.2) is 0 Å². The lowest BCUT2D eigenvalue weighted by Gasteiger charge is -2.37. The zero-order chi connectivity index (χ0) is 18.3. The number of hydrogen-bond donors (Lipinski definition) is 1. The molecule has 8 nitrogen and oxygen atoms in total. The van der Waals surface area contributed by atoms with Crippen molar-refractivity contribution in [1.29, 1.82) is 0 Å². The van der Waals surface area contributed by atoms with Gasteiger partial charge in [0.25, 0.3) is 0 Å². The van der Waals surface area contributed by atoms with E-state index in [9.17, 15) is 14.4 Å². The minimum atomic E-state index is -0.410. The van der Waals surface area contributed by atoms with Crippen LogP contribution in [-0.2, 0) is 14.3 Å². The van der Waals surface area contributed by atoms with Crippen molar-refractivity contribution in [2.75, 3.05) is 36.5 Å². The molecule has 3 heterocycles. The summed E-state index contributed by atoms with van der Waals surface area (Å²) in [6.07, 6.45) is 4.04. The summed E-state index contributed by atoms with van der Waals surface area (Å²) >= 11 is 0. The van der Waals surface area contributed by atoms with Crippen LogP contribution in [0, 0.1) is 17.8 Å². The molecule has 2 saturated heterocycles. The van der Waals surface area contributed by atoms with E-state index in [-0.39, 0.29) is 24.2 Å². The molecule has 0 radical (unpaired) electrons. The molecule has 2 bridgehead atoms. The minimum absolute atomic E-state index is 0.00473. The molecule has 1 N–H and O–H groups in total. The summed E-state index contributed by atoms with van der Waals surface area (Å²) in [5.74, 6) is 1.13. The van der Waals surface area contributed by atoms with E-state index in [1.165, 1.54) is 12.0 Å². The second-order valence-corrected chi connectivity index (χ2v) is 7.18. The summed E-state index contributed by atoms with van der Waals surface area (Å²) in [6, 6.07) is 3.34. The fraction of sp³-hybridized carbons (Fsp3) is 0.556. The maximum absolute atomic E-state index is 12.0. The van der Waals surface area contributed by atoms with E-state index in [1.54, 1.807) is 6.20 Å². The molecule has 26 heavy (non-hydrogen) atoms. The zero-order valence-electron chi connectivity index (χ0n) is 14.7. The van der Waals surface area contributed by atoms with Crippen LogP contribution >= 0.6 is 0 Å². The van der Waals surface area contributed by atoms with Gasteiger partial charge in [0.05, 0.1) is 24.9 Å². The number of carbonyl (C=O) groups excluding carboxylic acids is 3. The lowest BCUT2D eigenvalue weighted by molar-refractivity contribution is -0.148. The van der Waals surface area contributed by atoms with E-state index in [4.69, 9.17) is 4.74 Å². The number of aromatic nitrogens is 1. The number of carbonyl (C=O) groups is 3. The monoisotopic (exact) mass is 358 g/mol. The van der Waals surface area contributed by atoms with Crippen LogP contribution in [0.1, 0.15) is 19.3 Å². The van der Waals surface area contributed by atoms with Gasteiger partial charge < -0.3 is 9.64 Å². The van der Waals surface area contributed by atoms with E-state index in [0.29, 0.717) is 24.1 Å². The number of piperidine rings is 1. The number of ether oxygens (including phenoxy) is 1. The number of anilines is 2. The number of hydrogen-bond acceptors (Lipinski definition) is 6. The minimum Gasteiger partial charge on any atom is -0.469 e. The summed E-state index contributed by atoms with van der Waals surface area (Å²) < 4.78 is 4.97. The predicted octanol–water partition coefficient (Wildman–Crippen LogP) is 1.16. The number of pyridine rings is 1. The molecule has 138 valence electrons. The summed E-state index contributed by atoms with van der Waals surface area (Å²) in [5, 5.41) is 2.31. The third-order valence-corrected chi connectivity index (χ3v) is 5.73. The molecule has 1 aromatic heterocycles. The maximum Gasteiger partial charge on any atom is 0.328 e. The molecule has 3 aliphatic rings. The van der Waals surface area contributed by atoms with Crippen molar-refractivity contribution in [2.45, 2.75) is 19.3 Å². The molecule has 1 aromatic rings. The number of nitrogens with zero attached hydrogens (tertiary/aromatic N) is 3. The number of esters is 1. The van der Waals surface area contributed by atoms with Gasteiger partial charge in [-0.2, -0.15) is 0 Å². The molecule has 2 atom stereocenters. The Bertz CT molecular complexity index is 721. The number of rotatable bonds is 3. The highest BCUT2D eigenvalue weighted by Gasteiger charge is 2.46. The van der Waals surface area contributed by atoms with Crippen LogP contribution in [0.4, 0.5) is 16.3 Å². The zero-order valence-corrected chi connectivity index (χ0v) is 14.7. The van der Waals surface area contributed by atoms with Crippen LogP contribution in [0.5, 0.6) is 0 Å². The molecule has 3 amide bonds. The van der Waals surface area contributed by atoms with Crippen molar-refractivity contribution in [1.82, 2.24) is 10.3 Å². The lowest BCUT2D eigenvalue weighted by Crippen LogP contribution is -2.49. The van der Waals surface area contributed by atoms with Crippen LogP contribution in [0.15, 0.2) is 18.3 Å². The van der Waals surface area contributed by atoms with Crippen molar-refractivity contribution >= 4 is 29.4 Å². The van der Waals surface area contributed by atoms with Gasteiger partial charge in [0, 0.05) is 26.1 Å². The van der Waals surface area contributed by atoms with Gasteiger partial charge in [0.1, 0.15) is 5.82 Å². The topological polar surface area (TPSA) is 91.8 Å². The summed E-state index contributed by atoms with van der Waals surface area (Å²) in [5.41, 5.74) is 0.672. The first-order chi connectivity index (χ1) is 12.6. The Morgan fingerprint density at radius 2 is 1.96 bits per heavy atom. The standard InChI is InChI=1S/C18H22N4O4/c1-26-17(24)16-11-2-3-12(16)10-21(9-11)14-5-4-13(8-19-14)22-7-6-15(23)20-18(22)25/h4-5,8,11-12,16H,2-3,6-7,9-10H2,1H3,(H,20,23,25). The Labute approximate surface area is 151 Å². The van der Waals surface area contributed by atoms with Gasteiger partial charge in [0.2, 0.25) is 5.91 Å².